The van der Waals surface area contributed by atoms with Crippen molar-refractivity contribution >= 4 is 150 Å². The minimum Gasteiger partial charge on any atom is -0.385 e. The number of pyridine rings is 3. The van der Waals surface area contributed by atoms with Crippen LogP contribution in [0.5, 0.6) is 0 Å². The molecule has 9 aromatic heterocycles. The SMILES string of the molecule is CN(c1nc(-c2ccc(F)cc2)cs1)c1c(/C=C/c2ccccc2)nc2ccc(Br)cn12.CN(c1nc(-c2ccc(F)cc2)cs1)c1c(C(O)C(O)c2ccccc2)nc2ccc(Br)cn12.CN(c1nc(-c2ccc(F)cc2)cs1)c1c(C=O)nc2ccc(Br)cn12. The lowest BCUT2D eigenvalue weighted by molar-refractivity contribution is 0.0153. The zero-order valence-corrected chi connectivity index (χ0v) is 55.9. The molecule has 0 aliphatic carbocycles. The number of anilines is 6. The third-order valence-electron chi connectivity index (χ3n) is 14.5. The van der Waals surface area contributed by atoms with Crippen LogP contribution in [0.1, 0.15) is 45.2 Å². The lowest BCUT2D eigenvalue weighted by atomic mass is 10.0. The standard InChI is InChI=1S/C25H20BrFN4O2S.C25H18BrFN4S.C18H12BrFN4OS/c1-30(25-28-19(14-34-25)15-7-10-18(27)11-8-15)24-21(29-20-12-9-17(26)13-31(20)24)23(33)22(32)16-5-3-2-4-6-16;1-30(25-29-22(16-32-25)18-8-11-20(27)12-9-18)24-21(13-7-17-5-3-2-4-6-17)28-23-14-10-19(26)15-31(23)24;1-23(17-14(9-25)21-16-7-4-12(19)8-24(16)17)18-22-15(10-26-18)11-2-5-13(20)6-3-11/h2-14,22-23,32-33H,1H3;2-16H,1H3;2-10H,1H3/b;13-7+;. The fourth-order valence-electron chi connectivity index (χ4n) is 9.97. The largest absolute Gasteiger partial charge is 0.385 e. The van der Waals surface area contributed by atoms with E-state index in [0.717, 1.165) is 75.6 Å². The highest BCUT2D eigenvalue weighted by Crippen LogP contribution is 2.41. The first kappa shape index (κ1) is 63.2. The lowest BCUT2D eigenvalue weighted by Gasteiger charge is -2.22. The van der Waals surface area contributed by atoms with Crippen LogP contribution >= 0.6 is 81.8 Å². The maximum atomic E-state index is 13.3. The van der Waals surface area contributed by atoms with Gasteiger partial charge in [-0.15, -0.1) is 34.0 Å². The molecule has 0 radical (unpaired) electrons. The van der Waals surface area contributed by atoms with E-state index < -0.39 is 12.2 Å². The monoisotopic (exact) mass is 1470 g/mol. The first-order chi connectivity index (χ1) is 44.6. The van der Waals surface area contributed by atoms with Crippen molar-refractivity contribution < 1.29 is 28.2 Å². The molecule has 15 nitrogen and oxygen atoms in total. The summed E-state index contributed by atoms with van der Waals surface area (Å²) in [7, 11) is 5.66. The summed E-state index contributed by atoms with van der Waals surface area (Å²) in [5.41, 5.74) is 10.1. The summed E-state index contributed by atoms with van der Waals surface area (Å²) in [6.07, 6.45) is 8.10. The maximum Gasteiger partial charge on any atom is 0.191 e. The van der Waals surface area contributed by atoms with Gasteiger partial charge in [-0.2, -0.15) is 0 Å². The molecule has 9 heterocycles. The molecule has 92 heavy (non-hydrogen) atoms. The highest BCUT2D eigenvalue weighted by atomic mass is 79.9. The fraction of sp³-hybridized carbons (Fsp3) is 0.0735. The second-order valence-electron chi connectivity index (χ2n) is 20.6. The number of rotatable bonds is 15. The molecule has 0 saturated carbocycles. The van der Waals surface area contributed by atoms with E-state index in [1.54, 1.807) is 48.5 Å². The number of hydrogen-bond acceptors (Lipinski definition) is 15. The zero-order chi connectivity index (χ0) is 64.2. The Bertz CT molecular complexity index is 4930. The molecule has 0 aliphatic rings. The van der Waals surface area contributed by atoms with Crippen LogP contribution in [-0.4, -0.2) is 80.7 Å². The van der Waals surface area contributed by atoms with Gasteiger partial charge in [0.1, 0.15) is 81.1 Å². The number of carbonyl (C=O) groups excluding carboxylic acids is 1. The molecule has 2 unspecified atom stereocenters. The van der Waals surface area contributed by atoms with Crippen LogP contribution in [0.2, 0.25) is 0 Å². The molecule has 460 valence electrons. The van der Waals surface area contributed by atoms with Gasteiger partial charge in [0.2, 0.25) is 0 Å². The Hall–Kier alpha value is -8.98. The Labute approximate surface area is 562 Å². The number of aliphatic hydroxyl groups is 2. The van der Waals surface area contributed by atoms with E-state index in [9.17, 15) is 28.2 Å². The topological polar surface area (TPSA) is 158 Å². The number of thiazole rings is 3. The van der Waals surface area contributed by atoms with E-state index in [0.29, 0.717) is 55.8 Å². The number of fused-ring (bicyclic) bond motifs is 3. The molecule has 24 heteroatoms. The Kier molecular flexibility index (Phi) is 19.1. The van der Waals surface area contributed by atoms with Crippen LogP contribution in [0.25, 0.3) is 62.9 Å². The normalized spacial score (nSPS) is 12.0. The van der Waals surface area contributed by atoms with Gasteiger partial charge in [-0.1, -0.05) is 66.7 Å². The number of nitrogens with zero attached hydrogens (tertiary/aromatic N) is 12. The fourth-order valence-corrected chi connectivity index (χ4v) is 13.4. The highest BCUT2D eigenvalue weighted by Gasteiger charge is 2.30. The molecule has 0 fully saturated rings. The molecule has 0 amide bonds. The van der Waals surface area contributed by atoms with Crippen LogP contribution in [0.3, 0.4) is 0 Å². The van der Waals surface area contributed by atoms with E-state index in [2.05, 4.69) is 81.0 Å². The van der Waals surface area contributed by atoms with Crippen molar-refractivity contribution in [3.05, 3.63) is 264 Å². The first-order valence-corrected chi connectivity index (χ1v) is 33.1. The van der Waals surface area contributed by atoms with Crippen molar-refractivity contribution in [2.75, 3.05) is 35.8 Å². The number of hydrogen-bond donors (Lipinski definition) is 2. The quantitative estimate of drug-likeness (QED) is 0.0938. The number of benzene rings is 5. The van der Waals surface area contributed by atoms with E-state index in [1.807, 2.05) is 163 Å². The minimum absolute atomic E-state index is 0.257. The van der Waals surface area contributed by atoms with Crippen molar-refractivity contribution in [3.8, 4) is 33.8 Å². The van der Waals surface area contributed by atoms with Gasteiger partial charge in [0.15, 0.2) is 21.7 Å². The summed E-state index contributed by atoms with van der Waals surface area (Å²) < 4.78 is 48.1. The summed E-state index contributed by atoms with van der Waals surface area (Å²) >= 11 is 14.9. The van der Waals surface area contributed by atoms with Crippen LogP contribution in [0.15, 0.2) is 218 Å². The number of imidazole rings is 3. The van der Waals surface area contributed by atoms with Crippen LogP contribution in [-0.2, 0) is 0 Å². The third-order valence-corrected chi connectivity index (χ3v) is 18.7. The minimum atomic E-state index is -1.27. The number of carbonyl (C=O) groups is 1. The van der Waals surface area contributed by atoms with Crippen molar-refractivity contribution in [1.82, 2.24) is 43.1 Å². The maximum absolute atomic E-state index is 13.3. The molecule has 14 rings (SSSR count). The predicted molar refractivity (Wildman–Crippen MR) is 373 cm³/mol. The Morgan fingerprint density at radius 1 is 0.435 bits per heavy atom. The van der Waals surface area contributed by atoms with Gasteiger partial charge in [0.25, 0.3) is 0 Å². The molecule has 0 spiro atoms. The van der Waals surface area contributed by atoms with Crippen molar-refractivity contribution in [2.24, 2.45) is 0 Å². The summed E-state index contributed by atoms with van der Waals surface area (Å²) in [6, 6.07) is 49.3. The van der Waals surface area contributed by atoms with Crippen LogP contribution in [0, 0.1) is 17.5 Å². The Morgan fingerprint density at radius 2 is 0.804 bits per heavy atom. The predicted octanol–water partition coefficient (Wildman–Crippen LogP) is 18.1. The average molecular weight is 1480 g/mol. The highest BCUT2D eigenvalue weighted by molar-refractivity contribution is 9.11. The van der Waals surface area contributed by atoms with E-state index >= 15 is 0 Å². The van der Waals surface area contributed by atoms with Crippen LogP contribution in [0.4, 0.5) is 46.0 Å². The van der Waals surface area contributed by atoms with E-state index in [1.165, 1.54) is 70.4 Å². The second-order valence-corrected chi connectivity index (χ2v) is 25.9. The summed E-state index contributed by atoms with van der Waals surface area (Å²) in [5, 5.41) is 30.0. The van der Waals surface area contributed by atoms with Gasteiger partial charge in [-0.3, -0.25) is 18.0 Å². The average Bonchev–Trinajstić information content (AvgIpc) is 1.66. The van der Waals surface area contributed by atoms with Crippen LogP contribution < -0.4 is 14.7 Å². The summed E-state index contributed by atoms with van der Waals surface area (Å²) in [5.74, 6) is 1.28. The molecule has 0 saturated heterocycles. The molecule has 0 bridgehead atoms. The molecule has 2 atom stereocenters. The number of halogens is 6. The van der Waals surface area contributed by atoms with Crippen molar-refractivity contribution in [2.45, 2.75) is 12.2 Å². The van der Waals surface area contributed by atoms with Gasteiger partial charge in [-0.05, 0) is 174 Å². The summed E-state index contributed by atoms with van der Waals surface area (Å²) in [6.45, 7) is 0. The van der Waals surface area contributed by atoms with E-state index in [4.69, 9.17) is 15.0 Å². The number of aliphatic hydroxyl groups excluding tert-OH is 2. The first-order valence-electron chi connectivity index (χ1n) is 28.0. The van der Waals surface area contributed by atoms with Crippen molar-refractivity contribution in [1.29, 1.82) is 0 Å². The van der Waals surface area contributed by atoms with Gasteiger partial charge >= 0.3 is 0 Å². The molecular weight excluding hydrogens is 1430 g/mol. The lowest BCUT2D eigenvalue weighted by Crippen LogP contribution is -2.18. The molecular formula is C68H50Br3F3N12O3S3. The number of aldehydes is 1. The second kappa shape index (κ2) is 27.9. The van der Waals surface area contributed by atoms with E-state index in [-0.39, 0.29) is 17.5 Å². The van der Waals surface area contributed by atoms with Gasteiger partial charge < -0.3 is 24.9 Å². The Morgan fingerprint density at radius 3 is 1.23 bits per heavy atom. The molecule has 0 aliphatic heterocycles. The van der Waals surface area contributed by atoms with Crippen molar-refractivity contribution in [3.63, 3.8) is 0 Å². The molecule has 2 N–H and O–H groups in total. The summed E-state index contributed by atoms with van der Waals surface area (Å²) in [4.78, 5) is 45.2. The zero-order valence-electron chi connectivity index (χ0n) is 48.7. The smallest absolute Gasteiger partial charge is 0.191 e. The van der Waals surface area contributed by atoms with Gasteiger partial charge in [0, 0.05) is 86.0 Å². The third kappa shape index (κ3) is 13.8. The molecule has 14 aromatic rings. The Balaban J connectivity index is 0.000000134. The van der Waals surface area contributed by atoms with Gasteiger partial charge in [0.05, 0.1) is 17.1 Å². The molecule has 5 aromatic carbocycles. The van der Waals surface area contributed by atoms with Gasteiger partial charge in [-0.25, -0.2) is 43.1 Å². The number of aromatic nitrogens is 9.